The Bertz CT molecular complexity index is 1870. The molecule has 0 radical (unpaired) electrons. The molecular formula is C39H39Cl2F2N4O6+. The monoisotopic (exact) mass is 767 g/mol. The minimum atomic E-state index is -3.05. The van der Waals surface area contributed by atoms with Gasteiger partial charge in [0.25, 0.3) is 0 Å². The molecule has 8 rings (SSSR count). The van der Waals surface area contributed by atoms with Crippen LogP contribution >= 0.6 is 23.2 Å². The number of hydrogen-bond donors (Lipinski definition) is 0. The number of pyridine rings is 2. The summed E-state index contributed by atoms with van der Waals surface area (Å²) >= 11 is 13.0. The van der Waals surface area contributed by atoms with Gasteiger partial charge in [-0.15, -0.1) is 0 Å². The van der Waals surface area contributed by atoms with Crippen molar-refractivity contribution in [2.75, 3.05) is 31.1 Å². The van der Waals surface area contributed by atoms with Crippen LogP contribution < -0.4 is 19.4 Å². The van der Waals surface area contributed by atoms with E-state index in [0.29, 0.717) is 45.3 Å². The smallest absolute Gasteiger partial charge is 0.414 e. The Morgan fingerprint density at radius 3 is 2.38 bits per heavy atom. The number of piperidine rings is 3. The first-order chi connectivity index (χ1) is 25.7. The highest BCUT2D eigenvalue weighted by molar-refractivity contribution is 6.35. The van der Waals surface area contributed by atoms with Gasteiger partial charge in [-0.1, -0.05) is 41.4 Å². The van der Waals surface area contributed by atoms with E-state index < -0.39 is 24.8 Å². The molecule has 10 nitrogen and oxygen atoms in total. The van der Waals surface area contributed by atoms with Crippen molar-refractivity contribution >= 4 is 41.0 Å². The van der Waals surface area contributed by atoms with Crippen LogP contribution in [0.4, 0.5) is 19.3 Å². The van der Waals surface area contributed by atoms with E-state index in [4.69, 9.17) is 42.1 Å². The largest absolute Gasteiger partial charge is 0.489 e. The Morgan fingerprint density at radius 2 is 1.74 bits per heavy atom. The predicted molar refractivity (Wildman–Crippen MR) is 192 cm³/mol. The lowest BCUT2D eigenvalue weighted by Crippen LogP contribution is -2.53. The van der Waals surface area contributed by atoms with Gasteiger partial charge in [-0.2, -0.15) is 8.78 Å². The zero-order valence-corrected chi connectivity index (χ0v) is 30.3. The summed E-state index contributed by atoms with van der Waals surface area (Å²) in [7, 11) is 0. The molecule has 53 heavy (non-hydrogen) atoms. The van der Waals surface area contributed by atoms with E-state index in [1.807, 2.05) is 0 Å². The number of anilines is 1. The first-order valence-corrected chi connectivity index (χ1v) is 18.4. The van der Waals surface area contributed by atoms with Crippen LogP contribution in [0.25, 0.3) is 0 Å². The molecule has 1 aliphatic carbocycles. The van der Waals surface area contributed by atoms with Crippen LogP contribution in [-0.2, 0) is 22.4 Å². The van der Waals surface area contributed by atoms with E-state index in [1.165, 1.54) is 6.07 Å². The van der Waals surface area contributed by atoms with Crippen molar-refractivity contribution in [1.29, 1.82) is 0 Å². The molecule has 2 aromatic carbocycles. The van der Waals surface area contributed by atoms with Gasteiger partial charge in [0.05, 0.1) is 30.6 Å². The maximum atomic E-state index is 13.7. The molecule has 278 valence electrons. The maximum Gasteiger partial charge on any atom is 0.414 e. The minimum Gasteiger partial charge on any atom is -0.489 e. The number of hydrogen-bond acceptors (Lipinski definition) is 8. The summed E-state index contributed by atoms with van der Waals surface area (Å²) in [4.78, 5) is 38.3. The van der Waals surface area contributed by atoms with Crippen molar-refractivity contribution in [3.8, 4) is 11.5 Å². The number of amides is 1. The summed E-state index contributed by atoms with van der Waals surface area (Å²) in [5.41, 5.74) is 2.58. The summed E-state index contributed by atoms with van der Waals surface area (Å²) in [6, 6.07) is 14.8. The number of carbonyl (C=O) groups excluding carboxylic acids is 2. The van der Waals surface area contributed by atoms with Crippen molar-refractivity contribution in [1.82, 2.24) is 9.88 Å². The topological polar surface area (TPSA) is 105 Å². The van der Waals surface area contributed by atoms with Crippen LogP contribution in [0.15, 0.2) is 79.4 Å². The third-order valence-electron chi connectivity index (χ3n) is 9.92. The standard InChI is InChI=1S/C39H38Cl2F2N4O6/c40-31-19-45-20-32(41)30(31)17-34(28-9-10-33(52-38(42)43)35(16-28)50-23-25-3-4-25)51-37(48)27-7-5-24(6-8-27)21-47(29-2-1-13-44-18-29)39(49)53-36-22-46-14-11-26(36)12-15-46/h1-2,5-10,13,16,18-20,25-26,34,36,38H,3-4,11-12,14-15,17,21-23H2/p+1/t34-,36-/m0/s1. The first-order valence-electron chi connectivity index (χ1n) is 17.7. The molecule has 4 aliphatic rings. The van der Waals surface area contributed by atoms with Gasteiger partial charge in [0.1, 0.15) is 22.3 Å². The third kappa shape index (κ3) is 9.35. The lowest BCUT2D eigenvalue weighted by Gasteiger charge is -2.44. The second-order valence-electron chi connectivity index (χ2n) is 13.6. The Morgan fingerprint density at radius 1 is 0.981 bits per heavy atom. The minimum absolute atomic E-state index is 0.0785. The fourth-order valence-electron chi connectivity index (χ4n) is 6.75. The lowest BCUT2D eigenvalue weighted by atomic mass is 9.86. The molecular weight excluding hydrogens is 729 g/mol. The molecule has 1 saturated carbocycles. The van der Waals surface area contributed by atoms with Gasteiger partial charge in [0.15, 0.2) is 23.9 Å². The third-order valence-corrected chi connectivity index (χ3v) is 10.6. The molecule has 3 aliphatic heterocycles. The molecule has 2 bridgehead atoms. The quantitative estimate of drug-likeness (QED) is 0.119. The Kier molecular flexibility index (Phi) is 11.6. The van der Waals surface area contributed by atoms with Gasteiger partial charge in [-0.05, 0) is 98.1 Å². The van der Waals surface area contributed by atoms with Gasteiger partial charge in [-0.25, -0.2) is 14.6 Å². The molecule has 1 N–H and O–H groups in total. The Labute approximate surface area is 315 Å². The number of benzene rings is 2. The van der Waals surface area contributed by atoms with Crippen molar-refractivity contribution in [2.24, 2.45) is 11.8 Å². The number of carbonyl (C=O) groups is 2. The maximum absolute atomic E-state index is 13.7. The van der Waals surface area contributed by atoms with Crippen LogP contribution in [0, 0.1) is 11.8 Å². The zero-order valence-electron chi connectivity index (χ0n) is 28.8. The highest BCUT2D eigenvalue weighted by Crippen LogP contribution is 2.38. The fourth-order valence-corrected chi connectivity index (χ4v) is 7.28. The number of alkyl halides is 2. The summed E-state index contributed by atoms with van der Waals surface area (Å²) in [6.45, 7) is 0.283. The molecule has 0 spiro atoms. The van der Waals surface area contributed by atoms with E-state index in [-0.39, 0.29) is 36.1 Å². The van der Waals surface area contributed by atoms with E-state index in [2.05, 4.69) is 14.9 Å². The van der Waals surface area contributed by atoms with E-state index in [0.717, 1.165) is 50.9 Å². The van der Waals surface area contributed by atoms with Gasteiger partial charge in [0.2, 0.25) is 0 Å². The predicted octanol–water partition coefficient (Wildman–Crippen LogP) is 7.97. The fraction of sp³-hybridized carbons (Fsp3) is 0.385. The average molecular weight is 769 g/mol. The van der Waals surface area contributed by atoms with Gasteiger partial charge in [-0.3, -0.25) is 14.8 Å². The number of ether oxygens (including phenoxy) is 4. The van der Waals surface area contributed by atoms with E-state index >= 15 is 0 Å². The molecule has 2 atom stereocenters. The molecule has 14 heteroatoms. The molecule has 5 heterocycles. The van der Waals surface area contributed by atoms with Gasteiger partial charge in [0, 0.05) is 24.7 Å². The lowest BCUT2D eigenvalue weighted by molar-refractivity contribution is -0.377. The van der Waals surface area contributed by atoms with Crippen LogP contribution in [0.3, 0.4) is 0 Å². The number of aromatic amines is 1. The molecule has 0 unspecified atom stereocenters. The van der Waals surface area contributed by atoms with Crippen LogP contribution in [0.5, 0.6) is 11.5 Å². The molecule has 4 fully saturated rings. The SMILES string of the molecule is O=C(O[C@@H](Cc1c(Cl)c[nH+]cc1Cl)c1ccc(OC(F)F)c(OCC2CC2)c1)c1ccc(CN(C(=O)O[C@H]2CN3CCC2CC3)c2cccnc2)cc1. The molecule has 4 aromatic rings. The van der Waals surface area contributed by atoms with Crippen molar-refractivity contribution in [3.63, 3.8) is 0 Å². The normalized spacial score (nSPS) is 19.8. The van der Waals surface area contributed by atoms with Crippen molar-refractivity contribution < 1.29 is 42.3 Å². The number of esters is 1. The molecule has 3 saturated heterocycles. The van der Waals surface area contributed by atoms with Gasteiger partial charge < -0.3 is 18.9 Å². The zero-order chi connectivity index (χ0) is 36.9. The number of rotatable bonds is 14. The highest BCUT2D eigenvalue weighted by Gasteiger charge is 2.37. The number of H-pyrrole nitrogens is 1. The number of fused-ring (bicyclic) bond motifs is 3. The first kappa shape index (κ1) is 36.8. The summed E-state index contributed by atoms with van der Waals surface area (Å²) in [5.74, 6) is 0.0507. The van der Waals surface area contributed by atoms with E-state index in [9.17, 15) is 18.4 Å². The second-order valence-corrected chi connectivity index (χ2v) is 14.4. The molecule has 1 amide bonds. The molecule has 2 aromatic heterocycles. The number of halogens is 4. The van der Waals surface area contributed by atoms with Crippen molar-refractivity contribution in [2.45, 2.75) is 57.5 Å². The van der Waals surface area contributed by atoms with Gasteiger partial charge >= 0.3 is 18.7 Å². The van der Waals surface area contributed by atoms with E-state index in [1.54, 1.807) is 78.2 Å². The second kappa shape index (κ2) is 16.7. The Hall–Kier alpha value is -4.52. The van der Waals surface area contributed by atoms with Crippen LogP contribution in [0.2, 0.25) is 10.0 Å². The summed E-state index contributed by atoms with van der Waals surface area (Å²) in [6.07, 6.45) is 8.92. The number of aromatic nitrogens is 2. The number of nitrogens with one attached hydrogen (secondary N) is 1. The average Bonchev–Trinajstić information content (AvgIpc) is 4.00. The summed E-state index contributed by atoms with van der Waals surface area (Å²) in [5, 5.41) is 0.659. The highest BCUT2D eigenvalue weighted by atomic mass is 35.5. The van der Waals surface area contributed by atoms with Crippen LogP contribution in [0.1, 0.15) is 58.8 Å². The Balaban J connectivity index is 1.10. The van der Waals surface area contributed by atoms with Crippen molar-refractivity contribution in [3.05, 3.63) is 112 Å². The van der Waals surface area contributed by atoms with Crippen LogP contribution in [-0.4, -0.2) is 60.9 Å². The number of nitrogens with zero attached hydrogens (tertiary/aromatic N) is 3. The summed E-state index contributed by atoms with van der Waals surface area (Å²) < 4.78 is 49.2.